The summed E-state index contributed by atoms with van der Waals surface area (Å²) in [6.07, 6.45) is 8.71. The van der Waals surface area contributed by atoms with Crippen molar-refractivity contribution < 1.29 is 9.90 Å². The Hall–Kier alpha value is -3.13. The molecule has 2 heterocycles. The highest BCUT2D eigenvalue weighted by molar-refractivity contribution is 5.96. The molecule has 0 unspecified atom stereocenters. The standard InChI is InChI=1S/C26H34N6O2/c1-16-12-17(8-11-20(16)25(33)30-19-9-10-19)22-14-27-24-21(28-15-26(2,3)34)13-23(31-32(22)24)29-18-6-4-5-7-18/h8,11-14,18-19,28,34H,4-7,9-10,15H2,1-3H3,(H,29,31)(H,30,33). The number of fused-ring (bicyclic) bond motifs is 1. The van der Waals surface area contributed by atoms with Crippen LogP contribution in [-0.4, -0.2) is 49.8 Å². The minimum Gasteiger partial charge on any atom is -0.389 e. The summed E-state index contributed by atoms with van der Waals surface area (Å²) in [7, 11) is 0. The summed E-state index contributed by atoms with van der Waals surface area (Å²) in [5.74, 6) is 0.776. The lowest BCUT2D eigenvalue weighted by molar-refractivity contribution is 0.0940. The number of nitrogens with one attached hydrogen (secondary N) is 3. The Labute approximate surface area is 200 Å². The molecule has 0 aliphatic heterocycles. The van der Waals surface area contributed by atoms with Gasteiger partial charge in [-0.3, -0.25) is 4.79 Å². The Morgan fingerprint density at radius 2 is 1.91 bits per heavy atom. The van der Waals surface area contributed by atoms with Crippen molar-refractivity contribution in [3.63, 3.8) is 0 Å². The lowest BCUT2D eigenvalue weighted by Gasteiger charge is -2.20. The number of carbonyl (C=O) groups excluding carboxylic acids is 1. The second-order valence-corrected chi connectivity index (χ2v) is 10.4. The van der Waals surface area contributed by atoms with Crippen LogP contribution in [0.1, 0.15) is 68.3 Å². The summed E-state index contributed by atoms with van der Waals surface area (Å²) in [5, 5.41) is 25.1. The summed E-state index contributed by atoms with van der Waals surface area (Å²) in [6, 6.07) is 8.60. The average molecular weight is 463 g/mol. The minimum atomic E-state index is -0.858. The molecule has 0 spiro atoms. The molecule has 0 atom stereocenters. The van der Waals surface area contributed by atoms with Gasteiger partial charge in [0, 0.05) is 35.8 Å². The molecule has 3 aromatic rings. The van der Waals surface area contributed by atoms with Crippen molar-refractivity contribution in [2.75, 3.05) is 17.2 Å². The number of hydrogen-bond acceptors (Lipinski definition) is 6. The molecule has 1 amide bonds. The number of aromatic nitrogens is 3. The van der Waals surface area contributed by atoms with Crippen LogP contribution in [0.5, 0.6) is 0 Å². The summed E-state index contributed by atoms with van der Waals surface area (Å²) in [4.78, 5) is 17.2. The highest BCUT2D eigenvalue weighted by Crippen LogP contribution is 2.29. The van der Waals surface area contributed by atoms with E-state index in [4.69, 9.17) is 5.10 Å². The first-order valence-corrected chi connectivity index (χ1v) is 12.3. The number of aliphatic hydroxyl groups is 1. The van der Waals surface area contributed by atoms with Crippen LogP contribution in [0.25, 0.3) is 16.9 Å². The Bertz CT molecular complexity index is 1200. The van der Waals surface area contributed by atoms with E-state index >= 15 is 0 Å². The number of aryl methyl sites for hydroxylation is 1. The van der Waals surface area contributed by atoms with Crippen LogP contribution < -0.4 is 16.0 Å². The molecule has 180 valence electrons. The van der Waals surface area contributed by atoms with Crippen molar-refractivity contribution in [3.05, 3.63) is 41.6 Å². The highest BCUT2D eigenvalue weighted by Gasteiger charge is 2.25. The van der Waals surface area contributed by atoms with Crippen LogP contribution in [0.2, 0.25) is 0 Å². The van der Waals surface area contributed by atoms with Crippen molar-refractivity contribution in [1.29, 1.82) is 0 Å². The molecule has 0 saturated heterocycles. The molecular weight excluding hydrogens is 428 g/mol. The number of carbonyl (C=O) groups is 1. The van der Waals surface area contributed by atoms with Crippen molar-refractivity contribution >= 4 is 23.1 Å². The molecule has 2 fully saturated rings. The maximum absolute atomic E-state index is 12.6. The monoisotopic (exact) mass is 462 g/mol. The third kappa shape index (κ3) is 5.01. The Morgan fingerprint density at radius 3 is 2.59 bits per heavy atom. The van der Waals surface area contributed by atoms with Gasteiger partial charge in [-0.15, -0.1) is 5.10 Å². The first-order valence-electron chi connectivity index (χ1n) is 12.3. The molecule has 4 N–H and O–H groups in total. The van der Waals surface area contributed by atoms with E-state index < -0.39 is 5.60 Å². The zero-order valence-electron chi connectivity index (χ0n) is 20.2. The molecule has 8 nitrogen and oxygen atoms in total. The van der Waals surface area contributed by atoms with Gasteiger partial charge in [-0.1, -0.05) is 18.9 Å². The number of imidazole rings is 1. The number of rotatable bonds is 8. The molecule has 2 aliphatic rings. The zero-order chi connectivity index (χ0) is 23.9. The zero-order valence-corrected chi connectivity index (χ0v) is 20.2. The summed E-state index contributed by atoms with van der Waals surface area (Å²) < 4.78 is 1.85. The lowest BCUT2D eigenvalue weighted by Crippen LogP contribution is -2.29. The van der Waals surface area contributed by atoms with E-state index in [-0.39, 0.29) is 5.91 Å². The van der Waals surface area contributed by atoms with Crippen molar-refractivity contribution in [1.82, 2.24) is 19.9 Å². The largest absolute Gasteiger partial charge is 0.389 e. The third-order valence-corrected chi connectivity index (χ3v) is 6.57. The molecule has 2 saturated carbocycles. The third-order valence-electron chi connectivity index (χ3n) is 6.57. The first kappa shape index (κ1) is 22.7. The van der Waals surface area contributed by atoms with Crippen LogP contribution in [0.15, 0.2) is 30.5 Å². The predicted octanol–water partition coefficient (Wildman–Crippen LogP) is 4.13. The van der Waals surface area contributed by atoms with Crippen LogP contribution >= 0.6 is 0 Å². The molecule has 34 heavy (non-hydrogen) atoms. The maximum Gasteiger partial charge on any atom is 0.251 e. The molecule has 8 heteroatoms. The van der Waals surface area contributed by atoms with Crippen LogP contribution in [0.3, 0.4) is 0 Å². The van der Waals surface area contributed by atoms with E-state index in [0.29, 0.717) is 29.8 Å². The van der Waals surface area contributed by atoms with Crippen LogP contribution in [0, 0.1) is 6.92 Å². The summed E-state index contributed by atoms with van der Waals surface area (Å²) in [6.45, 7) is 5.90. The lowest BCUT2D eigenvalue weighted by atomic mass is 10.0. The van der Waals surface area contributed by atoms with Crippen molar-refractivity contribution in [2.24, 2.45) is 0 Å². The van der Waals surface area contributed by atoms with E-state index in [2.05, 4.69) is 20.9 Å². The van der Waals surface area contributed by atoms with Gasteiger partial charge < -0.3 is 21.1 Å². The summed E-state index contributed by atoms with van der Waals surface area (Å²) in [5.41, 5.74) is 4.09. The van der Waals surface area contributed by atoms with E-state index in [1.165, 1.54) is 12.8 Å². The first-order chi connectivity index (χ1) is 16.3. The Morgan fingerprint density at radius 1 is 1.15 bits per heavy atom. The van der Waals surface area contributed by atoms with Gasteiger partial charge in [0.25, 0.3) is 5.91 Å². The molecule has 0 bridgehead atoms. The minimum absolute atomic E-state index is 0.0102. The Balaban J connectivity index is 1.50. The van der Waals surface area contributed by atoms with E-state index in [9.17, 15) is 9.90 Å². The Kier molecular flexibility index (Phi) is 5.93. The fourth-order valence-corrected chi connectivity index (χ4v) is 4.53. The highest BCUT2D eigenvalue weighted by atomic mass is 16.3. The molecule has 0 radical (unpaired) electrons. The smallest absolute Gasteiger partial charge is 0.251 e. The molecule has 1 aromatic carbocycles. The second kappa shape index (κ2) is 8.91. The van der Waals surface area contributed by atoms with Crippen LogP contribution in [-0.2, 0) is 0 Å². The van der Waals surface area contributed by atoms with Gasteiger partial charge in [-0.05, 0) is 64.2 Å². The summed E-state index contributed by atoms with van der Waals surface area (Å²) >= 11 is 0. The van der Waals surface area contributed by atoms with Crippen molar-refractivity contribution in [2.45, 2.75) is 77.0 Å². The fourth-order valence-electron chi connectivity index (χ4n) is 4.53. The van der Waals surface area contributed by atoms with E-state index in [0.717, 1.165) is 54.0 Å². The number of benzene rings is 1. The predicted molar refractivity (Wildman–Crippen MR) is 134 cm³/mol. The van der Waals surface area contributed by atoms with Gasteiger partial charge in [-0.25, -0.2) is 9.50 Å². The second-order valence-electron chi connectivity index (χ2n) is 10.4. The molecule has 5 rings (SSSR count). The number of anilines is 2. The number of amides is 1. The molecule has 2 aliphatic carbocycles. The van der Waals surface area contributed by atoms with E-state index in [1.807, 2.05) is 41.9 Å². The van der Waals surface area contributed by atoms with Gasteiger partial charge in [0.05, 0.1) is 23.2 Å². The molecule has 2 aromatic heterocycles. The van der Waals surface area contributed by atoms with Crippen molar-refractivity contribution in [3.8, 4) is 11.3 Å². The SMILES string of the molecule is Cc1cc(-c2cnc3c(NCC(C)(C)O)cc(NC4CCCC4)nn23)ccc1C(=O)NC1CC1. The molecular formula is C26H34N6O2. The topological polar surface area (TPSA) is 104 Å². The quantitative estimate of drug-likeness (QED) is 0.401. The van der Waals surface area contributed by atoms with Gasteiger partial charge in [0.1, 0.15) is 5.82 Å². The number of hydrogen-bond donors (Lipinski definition) is 4. The normalized spacial score (nSPS) is 16.7. The average Bonchev–Trinajstić information content (AvgIpc) is 3.26. The van der Waals surface area contributed by atoms with Gasteiger partial charge in [-0.2, -0.15) is 0 Å². The van der Waals surface area contributed by atoms with Gasteiger partial charge in [0.2, 0.25) is 0 Å². The maximum atomic E-state index is 12.6. The number of nitrogens with zero attached hydrogens (tertiary/aromatic N) is 3. The van der Waals surface area contributed by atoms with E-state index in [1.54, 1.807) is 13.8 Å². The fraction of sp³-hybridized carbons (Fsp3) is 0.500. The van der Waals surface area contributed by atoms with Gasteiger partial charge >= 0.3 is 0 Å². The van der Waals surface area contributed by atoms with Crippen LogP contribution in [0.4, 0.5) is 11.5 Å². The van der Waals surface area contributed by atoms with Gasteiger partial charge in [0.15, 0.2) is 5.65 Å².